The minimum atomic E-state index is -4.77. The van der Waals surface area contributed by atoms with Gasteiger partial charge in [0, 0.05) is 12.8 Å². The molecule has 342 valence electrons. The van der Waals surface area contributed by atoms with Crippen molar-refractivity contribution in [1.29, 1.82) is 0 Å². The van der Waals surface area contributed by atoms with Crippen molar-refractivity contribution in [2.45, 2.75) is 180 Å². The normalized spacial score (nSPS) is 14.5. The first-order valence-corrected chi connectivity index (χ1v) is 24.1. The number of carboxylic acid groups (broad SMARTS) is 1. The Morgan fingerprint density at radius 2 is 0.967 bits per heavy atom. The van der Waals surface area contributed by atoms with Gasteiger partial charge in [-0.3, -0.25) is 18.6 Å². The number of aliphatic hydroxyl groups excluding tert-OH is 1. The van der Waals surface area contributed by atoms with Gasteiger partial charge in [0.2, 0.25) is 5.91 Å². The Bertz CT molecular complexity index is 1340. The maximum atomic E-state index is 12.3. The molecule has 0 aliphatic rings. The van der Waals surface area contributed by atoms with Crippen molar-refractivity contribution in [1.82, 2.24) is 5.32 Å². The van der Waals surface area contributed by atoms with E-state index >= 15 is 0 Å². The Balaban J connectivity index is 3.90. The summed E-state index contributed by atoms with van der Waals surface area (Å²) >= 11 is 0. The molecular formula is C48H80NO10P. The number of rotatable bonds is 41. The molecule has 0 rings (SSSR count). The van der Waals surface area contributed by atoms with Gasteiger partial charge in [-0.05, 0) is 83.5 Å². The second-order valence-electron chi connectivity index (χ2n) is 14.9. The van der Waals surface area contributed by atoms with Crippen LogP contribution in [0.4, 0.5) is 0 Å². The summed E-state index contributed by atoms with van der Waals surface area (Å²) in [4.78, 5) is 45.9. The smallest absolute Gasteiger partial charge is 0.472 e. The molecule has 11 nitrogen and oxygen atoms in total. The van der Waals surface area contributed by atoms with Crippen LogP contribution in [0.3, 0.4) is 0 Å². The van der Waals surface area contributed by atoms with E-state index in [-0.39, 0.29) is 12.8 Å². The molecule has 0 radical (unpaired) electrons. The largest absolute Gasteiger partial charge is 0.480 e. The number of carbonyl (C=O) groups excluding carboxylic acids is 2. The lowest BCUT2D eigenvalue weighted by atomic mass is 10.1. The number of nitrogens with one attached hydrogen (secondary N) is 1. The van der Waals surface area contributed by atoms with Crippen molar-refractivity contribution in [2.24, 2.45) is 0 Å². The van der Waals surface area contributed by atoms with E-state index in [0.717, 1.165) is 116 Å². The number of carbonyl (C=O) groups is 3. The van der Waals surface area contributed by atoms with Crippen molar-refractivity contribution in [3.63, 3.8) is 0 Å². The summed E-state index contributed by atoms with van der Waals surface area (Å²) in [7, 11) is -4.77. The van der Waals surface area contributed by atoms with Gasteiger partial charge in [0.25, 0.3) is 0 Å². The van der Waals surface area contributed by atoms with E-state index in [9.17, 15) is 34.1 Å². The van der Waals surface area contributed by atoms with Gasteiger partial charge in [-0.1, -0.05) is 157 Å². The molecule has 0 aromatic heterocycles. The number of carboxylic acids is 1. The highest BCUT2D eigenvalue weighted by molar-refractivity contribution is 7.47. The van der Waals surface area contributed by atoms with Gasteiger partial charge in [0.15, 0.2) is 6.04 Å². The summed E-state index contributed by atoms with van der Waals surface area (Å²) in [6, 6.07) is -1.56. The highest BCUT2D eigenvalue weighted by Crippen LogP contribution is 2.43. The van der Waals surface area contributed by atoms with Gasteiger partial charge in [0.1, 0.15) is 12.7 Å². The van der Waals surface area contributed by atoms with Gasteiger partial charge in [0.05, 0.1) is 13.2 Å². The summed E-state index contributed by atoms with van der Waals surface area (Å²) in [5, 5.41) is 21.8. The molecule has 0 aliphatic heterocycles. The number of phosphoric acid groups is 1. The number of esters is 1. The Morgan fingerprint density at radius 1 is 0.550 bits per heavy atom. The van der Waals surface area contributed by atoms with Gasteiger partial charge in [-0.2, -0.15) is 0 Å². The second-order valence-corrected chi connectivity index (χ2v) is 16.3. The predicted octanol–water partition coefficient (Wildman–Crippen LogP) is 11.9. The SMILES string of the molecule is CC/C=C\C/C=C\C/C=C\C/C=C\C/C=C\CCCCCCCCCC(=O)OCC(O)COP(=O)(O)OCC(NC(=O)CCCCCCC/C=C\C/C=C\CCC)C(=O)O. The van der Waals surface area contributed by atoms with E-state index in [4.69, 9.17) is 13.8 Å². The number of aliphatic carboxylic acids is 1. The van der Waals surface area contributed by atoms with Crippen LogP contribution in [-0.2, 0) is 32.7 Å². The van der Waals surface area contributed by atoms with Crippen molar-refractivity contribution in [2.75, 3.05) is 19.8 Å². The topological polar surface area (TPSA) is 169 Å². The van der Waals surface area contributed by atoms with Crippen LogP contribution in [0, 0.1) is 0 Å². The fourth-order valence-corrected chi connectivity index (χ4v) is 6.44. The maximum absolute atomic E-state index is 12.3. The Morgan fingerprint density at radius 3 is 1.45 bits per heavy atom. The number of allylic oxidation sites excluding steroid dienone is 14. The maximum Gasteiger partial charge on any atom is 0.472 e. The first kappa shape index (κ1) is 56.7. The molecule has 0 bridgehead atoms. The van der Waals surface area contributed by atoms with Crippen LogP contribution in [0.2, 0.25) is 0 Å². The zero-order chi connectivity index (χ0) is 44.2. The number of aliphatic hydroxyl groups is 1. The quantitative estimate of drug-likeness (QED) is 0.0201. The van der Waals surface area contributed by atoms with Crippen LogP contribution in [0.1, 0.15) is 168 Å². The van der Waals surface area contributed by atoms with Crippen LogP contribution < -0.4 is 5.32 Å². The first-order valence-electron chi connectivity index (χ1n) is 22.6. The minimum Gasteiger partial charge on any atom is -0.480 e. The fourth-order valence-electron chi connectivity index (χ4n) is 5.67. The highest BCUT2D eigenvalue weighted by Gasteiger charge is 2.28. The lowest BCUT2D eigenvalue weighted by Crippen LogP contribution is -2.43. The predicted molar refractivity (Wildman–Crippen MR) is 244 cm³/mol. The van der Waals surface area contributed by atoms with E-state index < -0.39 is 57.6 Å². The third-order valence-electron chi connectivity index (χ3n) is 9.15. The zero-order valence-corrected chi connectivity index (χ0v) is 37.9. The Labute approximate surface area is 362 Å². The lowest BCUT2D eigenvalue weighted by Gasteiger charge is -2.18. The molecular weight excluding hydrogens is 781 g/mol. The standard InChI is InChI=1S/C48H80NO10P/c1-3-5-7-9-11-13-15-17-18-19-20-21-22-23-24-25-26-28-30-32-34-36-38-40-47(52)57-41-44(50)42-58-60(55,56)59-43-45(48(53)54)49-46(51)39-37-35-33-31-29-27-16-14-12-10-8-6-4-2/h5,7-8,10-11,13-14,16-18,20-21,23-24,44-45,50H,3-4,6,9,12,15,19,22,25-43H2,1-2H3,(H,49,51)(H,53,54)(H,55,56)/b7-5-,10-8-,13-11-,16-14-,18-17-,21-20-,24-23-. The van der Waals surface area contributed by atoms with Gasteiger partial charge in [-0.15, -0.1) is 0 Å². The van der Waals surface area contributed by atoms with Gasteiger partial charge in [-0.25, -0.2) is 9.36 Å². The van der Waals surface area contributed by atoms with Crippen LogP contribution in [0.5, 0.6) is 0 Å². The Hall–Kier alpha value is -3.34. The molecule has 4 N–H and O–H groups in total. The average Bonchev–Trinajstić information content (AvgIpc) is 3.22. The molecule has 3 unspecified atom stereocenters. The molecule has 0 saturated carbocycles. The minimum absolute atomic E-state index is 0.124. The third-order valence-corrected chi connectivity index (χ3v) is 10.1. The number of amides is 1. The van der Waals surface area contributed by atoms with Crippen molar-refractivity contribution >= 4 is 25.7 Å². The molecule has 12 heteroatoms. The molecule has 1 amide bonds. The lowest BCUT2D eigenvalue weighted by molar-refractivity contribution is -0.147. The van der Waals surface area contributed by atoms with Gasteiger partial charge < -0.3 is 25.2 Å². The zero-order valence-electron chi connectivity index (χ0n) is 37.0. The summed E-state index contributed by atoms with van der Waals surface area (Å²) in [6.45, 7) is 2.37. The monoisotopic (exact) mass is 862 g/mol. The van der Waals surface area contributed by atoms with Crippen molar-refractivity contribution < 1.29 is 47.8 Å². The summed E-state index contributed by atoms with van der Waals surface area (Å²) in [6.07, 6.45) is 51.8. The van der Waals surface area contributed by atoms with Crippen LogP contribution in [0.25, 0.3) is 0 Å². The summed E-state index contributed by atoms with van der Waals surface area (Å²) in [5.41, 5.74) is 0. The molecule has 0 aromatic rings. The molecule has 0 aromatic carbocycles. The van der Waals surface area contributed by atoms with Crippen LogP contribution in [0.15, 0.2) is 85.1 Å². The number of ether oxygens (including phenoxy) is 1. The fraction of sp³-hybridized carbons (Fsp3) is 0.646. The molecule has 60 heavy (non-hydrogen) atoms. The van der Waals surface area contributed by atoms with E-state index in [2.05, 4.69) is 104 Å². The molecule has 0 saturated heterocycles. The number of hydrogen-bond donors (Lipinski definition) is 4. The Kier molecular flexibility index (Phi) is 40.0. The molecule has 3 atom stereocenters. The van der Waals surface area contributed by atoms with Gasteiger partial charge >= 0.3 is 19.8 Å². The highest BCUT2D eigenvalue weighted by atomic mass is 31.2. The van der Waals surface area contributed by atoms with E-state index in [1.807, 2.05) is 0 Å². The summed E-state index contributed by atoms with van der Waals surface area (Å²) < 4.78 is 26.8. The average molecular weight is 862 g/mol. The molecule has 0 heterocycles. The molecule has 0 fully saturated rings. The number of unbranched alkanes of at least 4 members (excludes halogenated alkanes) is 13. The number of hydrogen-bond acceptors (Lipinski definition) is 8. The first-order chi connectivity index (χ1) is 29.1. The molecule has 0 spiro atoms. The van der Waals surface area contributed by atoms with E-state index in [1.165, 1.54) is 12.8 Å². The number of phosphoric ester groups is 1. The second kappa shape index (κ2) is 42.4. The van der Waals surface area contributed by atoms with E-state index in [0.29, 0.717) is 12.8 Å². The van der Waals surface area contributed by atoms with Crippen LogP contribution in [-0.4, -0.2) is 64.9 Å². The van der Waals surface area contributed by atoms with Crippen LogP contribution >= 0.6 is 7.82 Å². The van der Waals surface area contributed by atoms with Crippen molar-refractivity contribution in [3.05, 3.63) is 85.1 Å². The third kappa shape index (κ3) is 41.4. The van der Waals surface area contributed by atoms with E-state index in [1.54, 1.807) is 0 Å². The molecule has 0 aliphatic carbocycles. The van der Waals surface area contributed by atoms with Crippen molar-refractivity contribution in [3.8, 4) is 0 Å². The summed E-state index contributed by atoms with van der Waals surface area (Å²) in [5.74, 6) is -2.42.